The van der Waals surface area contributed by atoms with E-state index in [-0.39, 0.29) is 51.4 Å². The SMILES string of the molecule is Cc1nc2c(ncn2[C@@H]2O[C@H](COP(=O)(O)OP(=O)(O)OP(=O)(O)O)[C@@H]3OC(c4ccccc4)OC32)c(=O)[nH]1.Cc1nc2c(ncn2[C@@H]2O[C@H](COP(=O)(O)OP(=O)(O)OP(=O)(O)O)[C@@H]3OC4(CCCC4)OC32)c(=O)[nH]1.Cc1nc2c(ncn2[C@@H]2O[C@H](COP(=O)(O)OP(=O)(O)OP(=O)(O)O)[C@@H]3OC4(CCCCC4)OC32)c(=O)[nH]1.Cc1nc2c(ncn2[C@@H]2O[C@H](COP(=O)(O)OP(=O)(O)OP(=O)(O)O)[C@@H]3OCOC32)c(=O)[nH]1. The Morgan fingerprint density at radius 1 is 0.320 bits per heavy atom. The standard InChI is InChI=1S/C18H21N4O14P3.C17H25N4O14P3.C16H23N4O14P3.C12H17N4O14P3/c1-9-20-15-12(16(23)21-9)19-8-22(15)17-14-13(33-18(34-14)10-5-3-2-4-6-10)11(32-17)7-31-38(27,28)36-39(29,30)35-37(24,25)26;1-9-19-14-11(15(22)20-9)18-8-21(14)16-13-12(32-17(33-13)5-3-2-4-6-17)10(31-16)7-30-37(26,27)35-38(28,29)34-36(23,24)25;1-8-18-13-10(14(21)19-8)17-7-20(13)15-12-11(31-16(32-12)4-2-3-5-16)9(30-15)6-29-36(25,26)34-37(27,28)33-35(22,23)24;1-5-14-10-7(11(17)15-5)13-3-16(10)12-9-8(25-4-26-9)6(28-12)2-27-32(21,22)30-33(23,24)29-31(18,19)20/h2-6,8,11,13-14,17-18H,7H2,1H3,(H,27,28)(H,29,30)(H,20,21,23)(H2,24,25,26);8,10,12-13,16H,2-7H2,1H3,(H,26,27)(H,28,29)(H,19,20,22)(H2,23,24,25);7,9,11-12,15H,2-6H2,1H3,(H,25,26)(H,27,28)(H,18,19,21)(H2,22,23,24);3,6,8-9,12H,2,4H2,1H3,(H,21,22)(H,23,24)(H,14,15,17)(H2,18,19,20)/t11-,13+,14?,17-,18?;10-,12+,13?,16-;9-,11+,12?,15-;6-,8+,9?,12-/m1111/s1. The number of ether oxygens (including phenoxy) is 12. The third-order valence-corrected chi connectivity index (χ3v) is 37.5. The molecule has 0 bridgehead atoms. The maximum atomic E-state index is 12.3. The first-order chi connectivity index (χ1) is 68.3. The van der Waals surface area contributed by atoms with Crippen molar-refractivity contribution >= 4 is 139 Å². The van der Waals surface area contributed by atoms with Gasteiger partial charge in [-0.3, -0.25) is 55.5 Å². The number of phosphoric acid groups is 12. The minimum atomic E-state index is -5.71. The Morgan fingerprint density at radius 2 is 0.578 bits per heavy atom. The van der Waals surface area contributed by atoms with Crippen LogP contribution in [0.4, 0.5) is 0 Å². The molecule has 2 aliphatic carbocycles. The van der Waals surface area contributed by atoms with Crippen LogP contribution >= 0.6 is 93.9 Å². The largest absolute Gasteiger partial charge is 0.490 e. The van der Waals surface area contributed by atoms with Crippen molar-refractivity contribution in [2.45, 2.75) is 202 Å². The molecule has 20 N–H and O–H groups in total. The number of hydrogen-bond acceptors (Lipinski definition) is 48. The summed E-state index contributed by atoms with van der Waals surface area (Å²) in [7, 11) is -66.4. The van der Waals surface area contributed by atoms with Gasteiger partial charge in [0, 0.05) is 31.2 Å². The minimum Gasteiger partial charge on any atom is -0.347 e. The molecule has 147 heavy (non-hydrogen) atoms. The lowest BCUT2D eigenvalue weighted by molar-refractivity contribution is -0.232. The van der Waals surface area contributed by atoms with E-state index in [1.807, 2.05) is 0 Å². The summed E-state index contributed by atoms with van der Waals surface area (Å²) in [6.45, 7) is 3.22. The van der Waals surface area contributed by atoms with Crippen LogP contribution in [0.1, 0.15) is 118 Å². The number of imidazole rings is 4. The van der Waals surface area contributed by atoms with Gasteiger partial charge in [-0.1, -0.05) is 36.8 Å². The zero-order chi connectivity index (χ0) is 107. The van der Waals surface area contributed by atoms with Crippen molar-refractivity contribution in [3.63, 3.8) is 0 Å². The summed E-state index contributed by atoms with van der Waals surface area (Å²) in [5.74, 6) is -0.563. The van der Waals surface area contributed by atoms with Gasteiger partial charge < -0.3 is 155 Å². The van der Waals surface area contributed by atoms with Crippen LogP contribution in [0.5, 0.6) is 0 Å². The van der Waals surface area contributed by atoms with E-state index in [0.29, 0.717) is 54.5 Å². The molecule has 814 valence electrons. The molecule has 1 aromatic carbocycles. The predicted molar refractivity (Wildman–Crippen MR) is 466 cm³/mol. The van der Waals surface area contributed by atoms with E-state index in [1.54, 1.807) is 58.0 Å². The van der Waals surface area contributed by atoms with Gasteiger partial charge in [0.25, 0.3) is 22.2 Å². The van der Waals surface area contributed by atoms with E-state index in [4.69, 9.17) is 110 Å². The topological polar surface area (TPSA) is 1000 Å². The molecule has 0 radical (unpaired) electrons. The Balaban J connectivity index is 0.000000140. The maximum absolute atomic E-state index is 12.3. The van der Waals surface area contributed by atoms with Crippen molar-refractivity contribution in [3.8, 4) is 0 Å². The molecule has 13 unspecified atom stereocenters. The predicted octanol–water partition coefficient (Wildman–Crippen LogP) is 2.40. The molecule has 10 fully saturated rings. The molecule has 0 amide bonds. The van der Waals surface area contributed by atoms with E-state index in [0.717, 1.165) is 32.1 Å². The number of rotatable bonds is 33. The molecule has 8 aromatic heterocycles. The lowest BCUT2D eigenvalue weighted by atomic mass is 9.94. The number of aromatic nitrogens is 16. The normalized spacial score (nSPS) is 29.6. The van der Waals surface area contributed by atoms with Crippen molar-refractivity contribution in [1.82, 2.24) is 78.1 Å². The third-order valence-electron chi connectivity index (χ3n) is 22.3. The van der Waals surface area contributed by atoms with Crippen molar-refractivity contribution < 1.29 is 242 Å². The molecule has 10 aliphatic rings. The van der Waals surface area contributed by atoms with E-state index >= 15 is 0 Å². The van der Waals surface area contributed by atoms with Crippen LogP contribution in [0.25, 0.3) is 44.7 Å². The van der Waals surface area contributed by atoms with E-state index in [1.165, 1.54) is 43.6 Å². The van der Waals surface area contributed by atoms with Gasteiger partial charge in [-0.2, -0.15) is 34.5 Å². The van der Waals surface area contributed by atoms with E-state index in [9.17, 15) is 113 Å². The molecule has 19 rings (SSSR count). The van der Waals surface area contributed by atoms with Crippen molar-refractivity contribution in [1.29, 1.82) is 0 Å². The van der Waals surface area contributed by atoms with E-state index in [2.05, 4.69) is 98.8 Å². The monoisotopic (exact) mass is 2330 g/mol. The smallest absolute Gasteiger partial charge is 0.347 e. The molecular formula is C63H86N16O56P12. The Morgan fingerprint density at radius 3 is 0.884 bits per heavy atom. The maximum Gasteiger partial charge on any atom is 0.490 e. The fraction of sp³-hybridized carbons (Fsp3) is 0.587. The second-order valence-corrected chi connectivity index (χ2v) is 50.6. The number of benzene rings is 1. The molecule has 8 saturated heterocycles. The Labute approximate surface area is 816 Å². The third kappa shape index (κ3) is 27.5. The van der Waals surface area contributed by atoms with Gasteiger partial charge in [0.2, 0.25) is 0 Å². The van der Waals surface area contributed by atoms with Gasteiger partial charge in [0.05, 0.1) is 51.7 Å². The van der Waals surface area contributed by atoms with Crippen LogP contribution in [0, 0.1) is 27.7 Å². The zero-order valence-corrected chi connectivity index (χ0v) is 85.4. The summed E-state index contributed by atoms with van der Waals surface area (Å²) in [4.78, 5) is 238. The summed E-state index contributed by atoms with van der Waals surface area (Å²) in [5, 5.41) is 0. The lowest BCUT2D eigenvalue weighted by Gasteiger charge is -2.34. The minimum absolute atomic E-state index is 0.0241. The highest BCUT2D eigenvalue weighted by Gasteiger charge is 2.64. The van der Waals surface area contributed by atoms with Crippen molar-refractivity contribution in [2.24, 2.45) is 0 Å². The quantitative estimate of drug-likeness (QED) is 0.0263. The summed E-state index contributed by atoms with van der Waals surface area (Å²) in [5.41, 5.74) is -0.301. The van der Waals surface area contributed by atoms with Gasteiger partial charge in [-0.15, -0.1) is 0 Å². The molecule has 2 spiro atoms. The molecule has 72 nitrogen and oxygen atoms in total. The number of aryl methyl sites for hydroxylation is 4. The Bertz CT molecular complexity index is 7340. The first-order valence-corrected chi connectivity index (χ1v) is 60.2. The molecule has 2 saturated carbocycles. The summed E-state index contributed by atoms with van der Waals surface area (Å²) < 4.78 is 265. The molecule has 9 aromatic rings. The average molecular weight is 2340 g/mol. The highest BCUT2D eigenvalue weighted by atomic mass is 31.3. The number of aromatic amines is 4. The number of H-pyrrole nitrogens is 4. The van der Waals surface area contributed by atoms with Crippen LogP contribution < -0.4 is 22.2 Å². The molecular weight excluding hydrogens is 2250 g/mol. The second kappa shape index (κ2) is 42.8. The van der Waals surface area contributed by atoms with Crippen LogP contribution in [0.15, 0.2) is 74.8 Å². The molecule has 16 heterocycles. The fourth-order valence-electron chi connectivity index (χ4n) is 17.1. The van der Waals surface area contributed by atoms with Crippen LogP contribution in [0.3, 0.4) is 0 Å². The molecule has 8 aliphatic heterocycles. The summed E-state index contributed by atoms with van der Waals surface area (Å²) in [6.07, 6.45) is -3.72. The summed E-state index contributed by atoms with van der Waals surface area (Å²) >= 11 is 0. The average Bonchev–Trinajstić information content (AvgIpc) is 1.58. The number of hydrogen-bond donors (Lipinski definition) is 20. The second-order valence-electron chi connectivity index (χ2n) is 33.0. The lowest BCUT2D eigenvalue weighted by Crippen LogP contribution is -2.37. The number of nitrogens with one attached hydrogen (secondary N) is 4. The first-order valence-electron chi connectivity index (χ1n) is 42.1. The fourth-order valence-corrected chi connectivity index (χ4v) is 29.2. The van der Waals surface area contributed by atoms with Crippen LogP contribution in [0.2, 0.25) is 0 Å². The number of phosphoric ester groups is 4. The van der Waals surface area contributed by atoms with Crippen molar-refractivity contribution in [2.75, 3.05) is 33.2 Å². The van der Waals surface area contributed by atoms with Crippen molar-refractivity contribution in [3.05, 3.63) is 126 Å². The summed E-state index contributed by atoms with van der Waals surface area (Å²) in [6, 6.07) is 8.82. The van der Waals surface area contributed by atoms with Crippen LogP contribution in [-0.2, 0) is 164 Å². The number of nitrogens with zero attached hydrogens (tertiary/aromatic N) is 12. The highest BCUT2D eigenvalue weighted by molar-refractivity contribution is 7.68. The van der Waals surface area contributed by atoms with Gasteiger partial charge >= 0.3 is 93.9 Å². The zero-order valence-electron chi connectivity index (χ0n) is 74.6. The van der Waals surface area contributed by atoms with E-state index < -0.39 is 259 Å². The van der Waals surface area contributed by atoms with Gasteiger partial charge in [0.1, 0.15) is 103 Å². The molecule has 84 heteroatoms. The Kier molecular flexibility index (Phi) is 33.0. The van der Waals surface area contributed by atoms with Gasteiger partial charge in [0.15, 0.2) is 87.4 Å². The molecule has 25 atom stereocenters. The Hall–Kier alpha value is -6.22. The highest BCUT2D eigenvalue weighted by Crippen LogP contribution is 2.71. The van der Waals surface area contributed by atoms with Gasteiger partial charge in [-0.05, 0) is 53.4 Å². The van der Waals surface area contributed by atoms with Gasteiger partial charge in [-0.25, -0.2) is 94.7 Å². The van der Waals surface area contributed by atoms with Crippen LogP contribution in [-0.4, -0.2) is 274 Å². The number of fused-ring (bicyclic) bond motifs is 8. The first kappa shape index (κ1) is 113.